The molecule has 0 fully saturated rings. The first-order valence-electron chi connectivity index (χ1n) is 5.85. The third-order valence-corrected chi connectivity index (χ3v) is 3.33. The zero-order valence-electron chi connectivity index (χ0n) is 10.1. The normalized spacial score (nSPS) is 26.0. The summed E-state index contributed by atoms with van der Waals surface area (Å²) in [5.74, 6) is 0. The van der Waals surface area contributed by atoms with Crippen molar-refractivity contribution in [1.29, 1.82) is 0 Å². The van der Waals surface area contributed by atoms with Gasteiger partial charge in [0.25, 0.3) is 0 Å². The molecule has 1 unspecified atom stereocenters. The topological polar surface area (TPSA) is 17.3 Å². The van der Waals surface area contributed by atoms with Gasteiger partial charge in [-0.15, -0.1) is 0 Å². The Labute approximate surface area is 102 Å². The van der Waals surface area contributed by atoms with Crippen LogP contribution in [0.15, 0.2) is 60.3 Å². The molecule has 17 heavy (non-hydrogen) atoms. The molecular formula is C15H15N2-. The second-order valence-electron chi connectivity index (χ2n) is 4.68. The Balaban J connectivity index is 2.00. The molecule has 1 aliphatic carbocycles. The second-order valence-corrected chi connectivity index (χ2v) is 4.68. The van der Waals surface area contributed by atoms with Crippen LogP contribution < -0.4 is 5.01 Å². The van der Waals surface area contributed by atoms with E-state index in [1.807, 2.05) is 11.1 Å². The molecular weight excluding hydrogens is 208 g/mol. The Hall–Kier alpha value is -1.80. The number of aryl methyl sites for hydroxylation is 1. The lowest BCUT2D eigenvalue weighted by atomic mass is 9.90. The van der Waals surface area contributed by atoms with E-state index in [0.29, 0.717) is 0 Å². The van der Waals surface area contributed by atoms with Crippen molar-refractivity contribution in [1.82, 2.24) is 0 Å². The van der Waals surface area contributed by atoms with E-state index in [4.69, 9.17) is 5.43 Å². The van der Waals surface area contributed by atoms with Crippen LogP contribution in [0.2, 0.25) is 0 Å². The number of hydrogen-bond acceptors (Lipinski definition) is 1. The molecule has 3 rings (SSSR count). The molecule has 2 aliphatic rings. The predicted molar refractivity (Wildman–Crippen MR) is 71.8 cm³/mol. The largest absolute Gasteiger partial charge is 0.551 e. The molecule has 0 saturated heterocycles. The van der Waals surface area contributed by atoms with Crippen molar-refractivity contribution in [2.75, 3.05) is 5.01 Å². The van der Waals surface area contributed by atoms with Crippen molar-refractivity contribution < 1.29 is 0 Å². The highest BCUT2D eigenvalue weighted by atomic mass is 15.5. The quantitative estimate of drug-likeness (QED) is 0.706. The SMILES string of the molecule is Cc1ccccc1N1C=C2C=CC=CC2(C)[N-]1. The monoisotopic (exact) mass is 223 g/mol. The number of anilines is 1. The molecule has 1 aliphatic heterocycles. The van der Waals surface area contributed by atoms with E-state index >= 15 is 0 Å². The summed E-state index contributed by atoms with van der Waals surface area (Å²) in [6.45, 7) is 4.25. The number of allylic oxidation sites excluding steroid dienone is 2. The summed E-state index contributed by atoms with van der Waals surface area (Å²) in [5.41, 5.74) is 8.21. The zero-order valence-corrected chi connectivity index (χ0v) is 10.1. The van der Waals surface area contributed by atoms with E-state index in [1.54, 1.807) is 0 Å². The molecule has 2 heteroatoms. The van der Waals surface area contributed by atoms with Gasteiger partial charge in [0.1, 0.15) is 0 Å². The fraction of sp³-hybridized carbons (Fsp3) is 0.200. The van der Waals surface area contributed by atoms with Crippen molar-refractivity contribution in [3.8, 4) is 0 Å². The smallest absolute Gasteiger partial charge is 0.0264 e. The van der Waals surface area contributed by atoms with E-state index in [2.05, 4.69) is 62.6 Å². The Morgan fingerprint density at radius 2 is 2.00 bits per heavy atom. The third kappa shape index (κ3) is 1.61. The molecule has 1 atom stereocenters. The predicted octanol–water partition coefficient (Wildman–Crippen LogP) is 3.87. The molecule has 0 amide bonds. The van der Waals surface area contributed by atoms with E-state index in [0.717, 1.165) is 5.69 Å². The Kier molecular flexibility index (Phi) is 2.20. The molecule has 2 nitrogen and oxygen atoms in total. The minimum Gasteiger partial charge on any atom is -0.551 e. The van der Waals surface area contributed by atoms with Crippen LogP contribution >= 0.6 is 0 Å². The number of nitrogens with zero attached hydrogens (tertiary/aromatic N) is 2. The average molecular weight is 223 g/mol. The van der Waals surface area contributed by atoms with Crippen LogP contribution in [0, 0.1) is 6.92 Å². The number of hydrogen-bond donors (Lipinski definition) is 0. The van der Waals surface area contributed by atoms with E-state index in [-0.39, 0.29) is 5.54 Å². The standard InChI is InChI=1S/C15H15N2/c1-12-7-3-4-9-14(12)17-11-13-8-5-6-10-15(13,2)16-17/h3-11H,1-2H3/q-1. The van der Waals surface area contributed by atoms with Crippen molar-refractivity contribution >= 4 is 5.69 Å². The van der Waals surface area contributed by atoms with Gasteiger partial charge in [-0.1, -0.05) is 55.0 Å². The first-order chi connectivity index (χ1) is 8.19. The fourth-order valence-corrected chi connectivity index (χ4v) is 2.26. The minimum atomic E-state index is -0.197. The fourth-order valence-electron chi connectivity index (χ4n) is 2.26. The van der Waals surface area contributed by atoms with E-state index in [1.165, 1.54) is 11.1 Å². The third-order valence-electron chi connectivity index (χ3n) is 3.33. The summed E-state index contributed by atoms with van der Waals surface area (Å²) in [6, 6.07) is 8.31. The van der Waals surface area contributed by atoms with E-state index < -0.39 is 0 Å². The summed E-state index contributed by atoms with van der Waals surface area (Å²) in [5, 5.41) is 1.99. The number of benzene rings is 1. The minimum absolute atomic E-state index is 0.197. The van der Waals surface area contributed by atoms with Crippen molar-refractivity contribution in [3.05, 3.63) is 71.3 Å². The van der Waals surface area contributed by atoms with Gasteiger partial charge in [-0.2, -0.15) is 0 Å². The maximum absolute atomic E-state index is 4.78. The molecule has 86 valence electrons. The van der Waals surface area contributed by atoms with Crippen LogP contribution in [0.3, 0.4) is 0 Å². The van der Waals surface area contributed by atoms with Gasteiger partial charge in [0.05, 0.1) is 0 Å². The Bertz CT molecular complexity index is 540. The van der Waals surface area contributed by atoms with Gasteiger partial charge in [0.2, 0.25) is 0 Å². The maximum atomic E-state index is 4.78. The van der Waals surface area contributed by atoms with Crippen LogP contribution in [0.25, 0.3) is 5.43 Å². The second kappa shape index (κ2) is 3.60. The van der Waals surface area contributed by atoms with Gasteiger partial charge in [0.15, 0.2) is 0 Å². The van der Waals surface area contributed by atoms with Crippen LogP contribution in [-0.2, 0) is 0 Å². The lowest BCUT2D eigenvalue weighted by molar-refractivity contribution is 0.795. The van der Waals surface area contributed by atoms with Crippen molar-refractivity contribution in [3.63, 3.8) is 0 Å². The van der Waals surface area contributed by atoms with Crippen LogP contribution in [0.4, 0.5) is 5.69 Å². The highest BCUT2D eigenvalue weighted by molar-refractivity contribution is 5.66. The molecule has 1 aromatic rings. The van der Waals surface area contributed by atoms with Gasteiger partial charge in [0, 0.05) is 5.69 Å². The summed E-state index contributed by atoms with van der Waals surface area (Å²) >= 11 is 0. The molecule has 0 radical (unpaired) electrons. The highest BCUT2D eigenvalue weighted by Gasteiger charge is 2.23. The summed E-state index contributed by atoms with van der Waals surface area (Å²) < 4.78 is 0. The van der Waals surface area contributed by atoms with Crippen LogP contribution in [0.1, 0.15) is 12.5 Å². The Morgan fingerprint density at radius 1 is 1.18 bits per heavy atom. The number of para-hydroxylation sites is 1. The Morgan fingerprint density at radius 3 is 2.76 bits per heavy atom. The summed E-state index contributed by atoms with van der Waals surface area (Å²) in [6.07, 6.45) is 10.5. The van der Waals surface area contributed by atoms with Gasteiger partial charge < -0.3 is 10.4 Å². The molecule has 1 heterocycles. The zero-order chi connectivity index (χ0) is 11.9. The molecule has 0 spiro atoms. The number of fused-ring (bicyclic) bond motifs is 1. The van der Waals surface area contributed by atoms with Gasteiger partial charge in [-0.3, -0.25) is 0 Å². The molecule has 0 N–H and O–H groups in total. The maximum Gasteiger partial charge on any atom is 0.0264 e. The van der Waals surface area contributed by atoms with Crippen LogP contribution in [-0.4, -0.2) is 5.54 Å². The highest BCUT2D eigenvalue weighted by Crippen LogP contribution is 2.41. The van der Waals surface area contributed by atoms with E-state index in [9.17, 15) is 0 Å². The average Bonchev–Trinajstić information content (AvgIpc) is 2.66. The lowest BCUT2D eigenvalue weighted by Crippen LogP contribution is -2.23. The van der Waals surface area contributed by atoms with Gasteiger partial charge in [-0.05, 0) is 30.3 Å². The van der Waals surface area contributed by atoms with Crippen molar-refractivity contribution in [2.24, 2.45) is 0 Å². The first-order valence-corrected chi connectivity index (χ1v) is 5.85. The summed E-state index contributed by atoms with van der Waals surface area (Å²) in [4.78, 5) is 0. The number of rotatable bonds is 1. The van der Waals surface area contributed by atoms with Crippen LogP contribution in [0.5, 0.6) is 0 Å². The first kappa shape index (κ1) is 10.4. The molecule has 0 aromatic heterocycles. The lowest BCUT2D eigenvalue weighted by Gasteiger charge is -2.43. The van der Waals surface area contributed by atoms with Gasteiger partial charge >= 0.3 is 0 Å². The van der Waals surface area contributed by atoms with Gasteiger partial charge in [-0.25, -0.2) is 0 Å². The molecule has 0 saturated carbocycles. The summed E-state index contributed by atoms with van der Waals surface area (Å²) in [7, 11) is 0. The van der Waals surface area contributed by atoms with Crippen molar-refractivity contribution in [2.45, 2.75) is 19.4 Å². The molecule has 1 aromatic carbocycles. The molecule has 0 bridgehead atoms.